The summed E-state index contributed by atoms with van der Waals surface area (Å²) < 4.78 is 0. The number of nitrogens with one attached hydrogen (secondary N) is 1. The number of hydrogen-bond acceptors (Lipinski definition) is 4. The minimum atomic E-state index is -0.177. The lowest BCUT2D eigenvalue weighted by molar-refractivity contribution is -0.130. The average Bonchev–Trinajstić information content (AvgIpc) is 3.07. The molecule has 0 spiro atoms. The predicted molar refractivity (Wildman–Crippen MR) is 96.6 cm³/mol. The van der Waals surface area contributed by atoms with Gasteiger partial charge in [-0.15, -0.1) is 11.3 Å². The van der Waals surface area contributed by atoms with Gasteiger partial charge in [0.1, 0.15) is 0 Å². The lowest BCUT2D eigenvalue weighted by atomic mass is 10.2. The fourth-order valence-electron chi connectivity index (χ4n) is 2.76. The first kappa shape index (κ1) is 16.5. The molecule has 0 saturated carbocycles. The molecule has 2 aromatic rings. The van der Waals surface area contributed by atoms with Crippen LogP contribution < -0.4 is 10.2 Å². The second kappa shape index (κ2) is 7.49. The van der Waals surface area contributed by atoms with Crippen molar-refractivity contribution in [2.75, 3.05) is 37.6 Å². The molecule has 0 atom stereocenters. The molecule has 1 N–H and O–H groups in total. The number of nitrogens with zero attached hydrogens (tertiary/aromatic N) is 2. The summed E-state index contributed by atoms with van der Waals surface area (Å²) in [6.07, 6.45) is 0. The molecule has 1 saturated heterocycles. The van der Waals surface area contributed by atoms with Crippen molar-refractivity contribution in [3.63, 3.8) is 0 Å². The van der Waals surface area contributed by atoms with Gasteiger partial charge in [0.2, 0.25) is 5.91 Å². The van der Waals surface area contributed by atoms with Crippen molar-refractivity contribution in [1.82, 2.24) is 10.2 Å². The number of aryl methyl sites for hydroxylation is 1. The lowest BCUT2D eigenvalue weighted by Crippen LogP contribution is -2.51. The Kier molecular flexibility index (Phi) is 5.15. The number of carbonyl (C=O) groups is 2. The van der Waals surface area contributed by atoms with Crippen LogP contribution in [0.15, 0.2) is 42.5 Å². The highest BCUT2D eigenvalue weighted by atomic mass is 32.1. The van der Waals surface area contributed by atoms with E-state index in [1.807, 2.05) is 36.1 Å². The number of anilines is 1. The largest absolute Gasteiger partial charge is 0.368 e. The van der Waals surface area contributed by atoms with Crippen LogP contribution in [0.2, 0.25) is 0 Å². The molecular formula is C18H21N3O2S. The van der Waals surface area contributed by atoms with E-state index in [1.165, 1.54) is 17.0 Å². The number of para-hydroxylation sites is 1. The SMILES string of the molecule is Cc1ccc(C(=O)NCC(=O)N2CCN(c3ccccc3)CC2)s1. The summed E-state index contributed by atoms with van der Waals surface area (Å²) in [5.41, 5.74) is 1.19. The van der Waals surface area contributed by atoms with Crippen molar-refractivity contribution in [2.24, 2.45) is 0 Å². The molecule has 1 fully saturated rings. The van der Waals surface area contributed by atoms with Gasteiger partial charge in [-0.05, 0) is 31.2 Å². The molecule has 3 rings (SSSR count). The Morgan fingerprint density at radius 3 is 2.38 bits per heavy atom. The molecule has 1 aliphatic rings. The van der Waals surface area contributed by atoms with E-state index < -0.39 is 0 Å². The van der Waals surface area contributed by atoms with Crippen LogP contribution in [0, 0.1) is 6.92 Å². The molecule has 6 heteroatoms. The molecule has 126 valence electrons. The van der Waals surface area contributed by atoms with Crippen LogP contribution in [0.3, 0.4) is 0 Å². The van der Waals surface area contributed by atoms with Gasteiger partial charge in [-0.2, -0.15) is 0 Å². The zero-order valence-electron chi connectivity index (χ0n) is 13.7. The van der Waals surface area contributed by atoms with E-state index in [0.717, 1.165) is 18.0 Å². The van der Waals surface area contributed by atoms with E-state index in [9.17, 15) is 9.59 Å². The summed E-state index contributed by atoms with van der Waals surface area (Å²) in [7, 11) is 0. The van der Waals surface area contributed by atoms with Gasteiger partial charge in [0.25, 0.3) is 5.91 Å². The quantitative estimate of drug-likeness (QED) is 0.925. The smallest absolute Gasteiger partial charge is 0.261 e. The molecule has 1 aromatic carbocycles. The second-order valence-corrected chi connectivity index (χ2v) is 7.08. The van der Waals surface area contributed by atoms with Gasteiger partial charge in [-0.1, -0.05) is 18.2 Å². The number of hydrogen-bond donors (Lipinski definition) is 1. The number of carbonyl (C=O) groups excluding carboxylic acids is 2. The van der Waals surface area contributed by atoms with Gasteiger partial charge in [-0.25, -0.2) is 0 Å². The molecule has 24 heavy (non-hydrogen) atoms. The molecule has 0 unspecified atom stereocenters. The van der Waals surface area contributed by atoms with Gasteiger partial charge in [0.05, 0.1) is 11.4 Å². The van der Waals surface area contributed by atoms with E-state index in [4.69, 9.17) is 0 Å². The third-order valence-electron chi connectivity index (χ3n) is 4.12. The average molecular weight is 343 g/mol. The van der Waals surface area contributed by atoms with Crippen molar-refractivity contribution in [3.8, 4) is 0 Å². The van der Waals surface area contributed by atoms with E-state index in [1.54, 1.807) is 6.07 Å². The summed E-state index contributed by atoms with van der Waals surface area (Å²) in [5, 5.41) is 2.72. The summed E-state index contributed by atoms with van der Waals surface area (Å²) >= 11 is 1.44. The van der Waals surface area contributed by atoms with Crippen LogP contribution in [0.25, 0.3) is 0 Å². The van der Waals surface area contributed by atoms with Crippen LogP contribution in [-0.2, 0) is 4.79 Å². The maximum Gasteiger partial charge on any atom is 0.261 e. The molecule has 0 aliphatic carbocycles. The number of amides is 2. The van der Waals surface area contributed by atoms with Crippen molar-refractivity contribution >= 4 is 28.8 Å². The third-order valence-corrected chi connectivity index (χ3v) is 5.12. The number of piperazine rings is 1. The highest BCUT2D eigenvalue weighted by Gasteiger charge is 2.21. The number of benzene rings is 1. The first-order valence-electron chi connectivity index (χ1n) is 8.06. The zero-order valence-corrected chi connectivity index (χ0v) is 14.5. The highest BCUT2D eigenvalue weighted by molar-refractivity contribution is 7.13. The van der Waals surface area contributed by atoms with Crippen LogP contribution in [0.5, 0.6) is 0 Å². The van der Waals surface area contributed by atoms with E-state index in [2.05, 4.69) is 22.3 Å². The summed E-state index contributed by atoms with van der Waals surface area (Å²) in [4.78, 5) is 30.1. The molecule has 0 bridgehead atoms. The Hall–Kier alpha value is -2.34. The Bertz CT molecular complexity index is 706. The Labute approximate surface area is 145 Å². The van der Waals surface area contributed by atoms with Crippen LogP contribution >= 0.6 is 11.3 Å². The highest BCUT2D eigenvalue weighted by Crippen LogP contribution is 2.16. The van der Waals surface area contributed by atoms with Crippen molar-refractivity contribution in [2.45, 2.75) is 6.92 Å². The van der Waals surface area contributed by atoms with E-state index in [0.29, 0.717) is 18.0 Å². The van der Waals surface area contributed by atoms with E-state index in [-0.39, 0.29) is 18.4 Å². The summed E-state index contributed by atoms with van der Waals surface area (Å²) in [5.74, 6) is -0.200. The Morgan fingerprint density at radius 2 is 1.75 bits per heavy atom. The Balaban J connectivity index is 1.46. The normalized spacial score (nSPS) is 14.5. The van der Waals surface area contributed by atoms with Gasteiger partial charge in [0.15, 0.2) is 0 Å². The lowest BCUT2D eigenvalue weighted by Gasteiger charge is -2.36. The van der Waals surface area contributed by atoms with Gasteiger partial charge >= 0.3 is 0 Å². The first-order chi connectivity index (χ1) is 11.6. The van der Waals surface area contributed by atoms with E-state index >= 15 is 0 Å². The minimum absolute atomic E-state index is 0.0238. The summed E-state index contributed by atoms with van der Waals surface area (Å²) in [6.45, 7) is 5.00. The van der Waals surface area contributed by atoms with Gasteiger partial charge in [0, 0.05) is 36.7 Å². The molecule has 1 aliphatic heterocycles. The summed E-state index contributed by atoms with van der Waals surface area (Å²) in [6, 6.07) is 13.9. The minimum Gasteiger partial charge on any atom is -0.368 e. The second-order valence-electron chi connectivity index (χ2n) is 5.80. The predicted octanol–water partition coefficient (Wildman–Crippen LogP) is 2.14. The standard InChI is InChI=1S/C18H21N3O2S/c1-14-7-8-16(24-14)18(23)19-13-17(22)21-11-9-20(10-12-21)15-5-3-2-4-6-15/h2-8H,9-13H2,1H3,(H,19,23). The monoisotopic (exact) mass is 343 g/mol. The number of rotatable bonds is 4. The first-order valence-corrected chi connectivity index (χ1v) is 8.87. The van der Waals surface area contributed by atoms with Crippen LogP contribution in [0.4, 0.5) is 5.69 Å². The maximum atomic E-state index is 12.3. The number of thiophene rings is 1. The molecule has 5 nitrogen and oxygen atoms in total. The van der Waals surface area contributed by atoms with Crippen molar-refractivity contribution in [1.29, 1.82) is 0 Å². The molecule has 2 amide bonds. The maximum absolute atomic E-state index is 12.3. The van der Waals surface area contributed by atoms with Crippen LogP contribution in [0.1, 0.15) is 14.5 Å². The molecule has 0 radical (unpaired) electrons. The zero-order chi connectivity index (χ0) is 16.9. The van der Waals surface area contributed by atoms with Gasteiger partial charge in [-0.3, -0.25) is 9.59 Å². The fourth-order valence-corrected chi connectivity index (χ4v) is 3.55. The topological polar surface area (TPSA) is 52.7 Å². The Morgan fingerprint density at radius 1 is 1.04 bits per heavy atom. The molecule has 1 aromatic heterocycles. The molecular weight excluding hydrogens is 322 g/mol. The van der Waals surface area contributed by atoms with Crippen molar-refractivity contribution < 1.29 is 9.59 Å². The van der Waals surface area contributed by atoms with Gasteiger partial charge < -0.3 is 15.1 Å². The van der Waals surface area contributed by atoms with Crippen LogP contribution in [-0.4, -0.2) is 49.4 Å². The molecule has 2 heterocycles. The van der Waals surface area contributed by atoms with Crippen molar-refractivity contribution in [3.05, 3.63) is 52.2 Å². The fraction of sp³-hybridized carbons (Fsp3) is 0.333. The third kappa shape index (κ3) is 3.94.